The summed E-state index contributed by atoms with van der Waals surface area (Å²) in [5.41, 5.74) is 2.97. The van der Waals surface area contributed by atoms with E-state index in [0.29, 0.717) is 10.8 Å². The van der Waals surface area contributed by atoms with Gasteiger partial charge in [0.05, 0.1) is 12.8 Å². The third kappa shape index (κ3) is 3.76. The molecule has 0 aliphatic rings. The summed E-state index contributed by atoms with van der Waals surface area (Å²) in [6, 6.07) is 7.28. The number of hydrogen-bond donors (Lipinski definition) is 1. The minimum absolute atomic E-state index is 0.312. The van der Waals surface area contributed by atoms with E-state index < -0.39 is 11.9 Å². The maximum absolute atomic E-state index is 12.4. The van der Waals surface area contributed by atoms with Crippen molar-refractivity contribution in [1.82, 2.24) is 4.98 Å². The first kappa shape index (κ1) is 16.3. The average Bonchev–Trinajstić information content (AvgIpc) is 2.85. The molecule has 0 aliphatic heterocycles. The van der Waals surface area contributed by atoms with Crippen LogP contribution in [0.3, 0.4) is 0 Å². The highest BCUT2D eigenvalue weighted by molar-refractivity contribution is 7.15. The summed E-state index contributed by atoms with van der Waals surface area (Å²) in [5, 5.41) is 3.62. The van der Waals surface area contributed by atoms with Gasteiger partial charge in [0.25, 0.3) is 0 Å². The van der Waals surface area contributed by atoms with Gasteiger partial charge in [-0.05, 0) is 38.1 Å². The standard InChI is InChI=1S/C14H14F3N3OS/c1-8-12(10-4-6-11(21-3)7-5-10)18-13(22-8)20-19-9(2)14(15,16)17/h4-7H,1-3H3,(H,18,20)/b19-9-. The SMILES string of the molecule is COc1ccc(-c2nc(N/N=C(/C)C(F)(F)F)sc2C)cc1. The predicted molar refractivity (Wildman–Crippen MR) is 81.6 cm³/mol. The Morgan fingerprint density at radius 1 is 1.27 bits per heavy atom. The fraction of sp³-hybridized carbons (Fsp3) is 0.286. The number of ether oxygens (including phenoxy) is 1. The predicted octanol–water partition coefficient (Wildman–Crippen LogP) is 4.48. The van der Waals surface area contributed by atoms with E-state index in [9.17, 15) is 13.2 Å². The van der Waals surface area contributed by atoms with Gasteiger partial charge in [-0.1, -0.05) is 0 Å². The first-order valence-corrected chi connectivity index (χ1v) is 7.12. The average molecular weight is 329 g/mol. The second kappa shape index (κ2) is 6.35. The van der Waals surface area contributed by atoms with E-state index in [-0.39, 0.29) is 0 Å². The van der Waals surface area contributed by atoms with Crippen molar-refractivity contribution in [2.45, 2.75) is 20.0 Å². The van der Waals surface area contributed by atoms with E-state index in [1.54, 1.807) is 19.2 Å². The minimum Gasteiger partial charge on any atom is -0.497 e. The number of hydrazone groups is 1. The number of methoxy groups -OCH3 is 1. The van der Waals surface area contributed by atoms with Gasteiger partial charge in [-0.25, -0.2) is 4.98 Å². The minimum atomic E-state index is -4.45. The second-order valence-electron chi connectivity index (χ2n) is 4.46. The van der Waals surface area contributed by atoms with Gasteiger partial charge in [0.1, 0.15) is 11.5 Å². The van der Waals surface area contributed by atoms with Crippen LogP contribution < -0.4 is 10.2 Å². The third-order valence-electron chi connectivity index (χ3n) is 2.89. The summed E-state index contributed by atoms with van der Waals surface area (Å²) >= 11 is 1.24. The number of benzene rings is 1. The van der Waals surface area contributed by atoms with Gasteiger partial charge in [0.15, 0.2) is 0 Å². The quantitative estimate of drug-likeness (QED) is 0.664. The van der Waals surface area contributed by atoms with Crippen LogP contribution in [0, 0.1) is 6.92 Å². The highest BCUT2D eigenvalue weighted by atomic mass is 32.1. The largest absolute Gasteiger partial charge is 0.497 e. The molecule has 8 heteroatoms. The van der Waals surface area contributed by atoms with E-state index in [1.165, 1.54) is 11.3 Å². The van der Waals surface area contributed by atoms with E-state index in [1.807, 2.05) is 19.1 Å². The van der Waals surface area contributed by atoms with Crippen LogP contribution in [-0.2, 0) is 0 Å². The van der Waals surface area contributed by atoms with E-state index in [0.717, 1.165) is 23.1 Å². The van der Waals surface area contributed by atoms with Crippen LogP contribution in [0.2, 0.25) is 0 Å². The number of halogens is 3. The Hall–Kier alpha value is -2.09. The highest BCUT2D eigenvalue weighted by Crippen LogP contribution is 2.31. The van der Waals surface area contributed by atoms with Crippen molar-refractivity contribution >= 4 is 22.2 Å². The van der Waals surface area contributed by atoms with Crippen molar-refractivity contribution in [1.29, 1.82) is 0 Å². The molecule has 0 atom stereocenters. The van der Waals surface area contributed by atoms with Gasteiger partial charge < -0.3 is 4.74 Å². The Morgan fingerprint density at radius 2 is 1.91 bits per heavy atom. The van der Waals surface area contributed by atoms with E-state index >= 15 is 0 Å². The number of hydrogen-bond acceptors (Lipinski definition) is 5. The molecular formula is C14H14F3N3OS. The van der Waals surface area contributed by atoms with Crippen LogP contribution in [0.1, 0.15) is 11.8 Å². The van der Waals surface area contributed by atoms with Crippen molar-refractivity contribution in [2.75, 3.05) is 12.5 Å². The van der Waals surface area contributed by atoms with Crippen molar-refractivity contribution in [2.24, 2.45) is 5.10 Å². The summed E-state index contributed by atoms with van der Waals surface area (Å²) in [6.07, 6.45) is -4.45. The molecule has 4 nitrogen and oxygen atoms in total. The molecule has 118 valence electrons. The molecule has 0 bridgehead atoms. The zero-order valence-corrected chi connectivity index (χ0v) is 13.0. The molecule has 1 aromatic carbocycles. The number of thiazole rings is 1. The second-order valence-corrected chi connectivity index (χ2v) is 5.66. The van der Waals surface area contributed by atoms with Crippen molar-refractivity contribution in [3.05, 3.63) is 29.1 Å². The van der Waals surface area contributed by atoms with Gasteiger partial charge in [-0.2, -0.15) is 18.3 Å². The van der Waals surface area contributed by atoms with Crippen LogP contribution in [0.25, 0.3) is 11.3 Å². The van der Waals surface area contributed by atoms with Crippen molar-refractivity contribution in [3.63, 3.8) is 0 Å². The maximum Gasteiger partial charge on any atom is 0.430 e. The maximum atomic E-state index is 12.4. The number of aromatic nitrogens is 1. The molecule has 2 aromatic rings. The van der Waals surface area contributed by atoms with Gasteiger partial charge in [-0.15, -0.1) is 11.3 Å². The van der Waals surface area contributed by atoms with Crippen molar-refractivity contribution in [3.8, 4) is 17.0 Å². The number of aryl methyl sites for hydroxylation is 1. The van der Waals surface area contributed by atoms with Crippen LogP contribution in [0.4, 0.5) is 18.3 Å². The highest BCUT2D eigenvalue weighted by Gasteiger charge is 2.32. The lowest BCUT2D eigenvalue weighted by atomic mass is 10.1. The van der Waals surface area contributed by atoms with Crippen LogP contribution in [0.5, 0.6) is 5.75 Å². The Kier molecular flexibility index (Phi) is 4.70. The molecule has 1 aromatic heterocycles. The Balaban J connectivity index is 2.21. The molecule has 0 aliphatic carbocycles. The fourth-order valence-electron chi connectivity index (χ4n) is 1.66. The van der Waals surface area contributed by atoms with E-state index in [2.05, 4.69) is 15.5 Å². The zero-order chi connectivity index (χ0) is 16.3. The Bertz CT molecular complexity index is 678. The van der Waals surface area contributed by atoms with Crippen LogP contribution in [-0.4, -0.2) is 24.0 Å². The Morgan fingerprint density at radius 3 is 2.45 bits per heavy atom. The molecule has 0 radical (unpaired) electrons. The zero-order valence-electron chi connectivity index (χ0n) is 12.2. The van der Waals surface area contributed by atoms with E-state index in [4.69, 9.17) is 4.74 Å². The molecular weight excluding hydrogens is 315 g/mol. The summed E-state index contributed by atoms with van der Waals surface area (Å²) in [4.78, 5) is 5.16. The molecule has 0 fully saturated rings. The molecule has 0 spiro atoms. The number of rotatable bonds is 4. The molecule has 0 saturated heterocycles. The summed E-state index contributed by atoms with van der Waals surface area (Å²) in [5.74, 6) is 0.723. The van der Waals surface area contributed by atoms with Crippen LogP contribution in [0.15, 0.2) is 29.4 Å². The first-order valence-electron chi connectivity index (χ1n) is 6.30. The molecule has 1 N–H and O–H groups in total. The molecule has 1 heterocycles. The monoisotopic (exact) mass is 329 g/mol. The number of nitrogens with zero attached hydrogens (tertiary/aromatic N) is 2. The number of nitrogens with one attached hydrogen (secondary N) is 1. The molecule has 22 heavy (non-hydrogen) atoms. The first-order chi connectivity index (χ1) is 10.3. The van der Waals surface area contributed by atoms with Crippen molar-refractivity contribution < 1.29 is 17.9 Å². The van der Waals surface area contributed by atoms with Crippen LogP contribution >= 0.6 is 11.3 Å². The topological polar surface area (TPSA) is 46.5 Å². The smallest absolute Gasteiger partial charge is 0.430 e. The number of anilines is 1. The van der Waals surface area contributed by atoms with Gasteiger partial charge in [0.2, 0.25) is 5.13 Å². The summed E-state index contributed by atoms with van der Waals surface area (Å²) < 4.78 is 42.2. The fourth-order valence-corrected chi connectivity index (χ4v) is 2.43. The summed E-state index contributed by atoms with van der Waals surface area (Å²) in [7, 11) is 1.58. The van der Waals surface area contributed by atoms with Gasteiger partial charge >= 0.3 is 6.18 Å². The van der Waals surface area contributed by atoms with Gasteiger partial charge in [-0.3, -0.25) is 5.43 Å². The lowest BCUT2D eigenvalue weighted by Crippen LogP contribution is -2.20. The lowest BCUT2D eigenvalue weighted by molar-refractivity contribution is -0.0592. The normalized spacial score (nSPS) is 12.4. The molecule has 2 rings (SSSR count). The molecule has 0 amide bonds. The summed E-state index contributed by atoms with van der Waals surface area (Å²) in [6.45, 7) is 2.75. The number of alkyl halides is 3. The molecule has 0 saturated carbocycles. The lowest BCUT2D eigenvalue weighted by Gasteiger charge is -2.04. The Labute approximate surface area is 129 Å². The molecule has 0 unspecified atom stereocenters. The third-order valence-corrected chi connectivity index (χ3v) is 3.77. The van der Waals surface area contributed by atoms with Gasteiger partial charge in [0, 0.05) is 10.4 Å².